The van der Waals surface area contributed by atoms with Gasteiger partial charge in [0.25, 0.3) is 0 Å². The predicted octanol–water partition coefficient (Wildman–Crippen LogP) is 1.21. The maximum absolute atomic E-state index is 8.52. The number of anilines is 1. The van der Waals surface area contributed by atoms with Gasteiger partial charge in [0.2, 0.25) is 0 Å². The van der Waals surface area contributed by atoms with Crippen molar-refractivity contribution >= 4 is 5.82 Å². The highest BCUT2D eigenvalue weighted by Crippen LogP contribution is 2.13. The monoisotopic (exact) mass is 245 g/mol. The number of aromatic nitrogens is 2. The van der Waals surface area contributed by atoms with Crippen LogP contribution in [0.15, 0.2) is 12.3 Å². The first kappa shape index (κ1) is 12.8. The zero-order valence-corrected chi connectivity index (χ0v) is 10.8. The average Bonchev–Trinajstić information content (AvgIpc) is 2.40. The van der Waals surface area contributed by atoms with E-state index in [-0.39, 0.29) is 0 Å². The van der Waals surface area contributed by atoms with Crippen molar-refractivity contribution in [3.63, 3.8) is 0 Å². The van der Waals surface area contributed by atoms with Crippen LogP contribution >= 0.6 is 0 Å². The molecule has 0 spiro atoms. The molecule has 1 aliphatic heterocycles. The van der Waals surface area contributed by atoms with E-state index < -0.39 is 0 Å². The molecule has 0 N–H and O–H groups in total. The fourth-order valence-corrected chi connectivity index (χ4v) is 2.20. The standard InChI is InChI=1S/C13H19N5/c1-12-15-6-4-13(16-12)18-10-8-17(9-11-18)7-3-2-5-14/h4,6H,2-3,7-11H2,1H3. The van der Waals surface area contributed by atoms with Gasteiger partial charge in [0.15, 0.2) is 0 Å². The normalized spacial score (nSPS) is 16.6. The number of hydrogen-bond donors (Lipinski definition) is 0. The van der Waals surface area contributed by atoms with Crippen molar-refractivity contribution in [2.45, 2.75) is 19.8 Å². The molecule has 5 nitrogen and oxygen atoms in total. The maximum atomic E-state index is 8.52. The Morgan fingerprint density at radius 2 is 2.11 bits per heavy atom. The summed E-state index contributed by atoms with van der Waals surface area (Å²) >= 11 is 0. The molecule has 0 aliphatic carbocycles. The lowest BCUT2D eigenvalue weighted by Crippen LogP contribution is -2.46. The molecule has 1 aliphatic rings. The number of nitriles is 1. The summed E-state index contributed by atoms with van der Waals surface area (Å²) in [5, 5.41) is 8.52. The Labute approximate surface area is 108 Å². The highest BCUT2D eigenvalue weighted by molar-refractivity contribution is 5.37. The molecule has 96 valence electrons. The van der Waals surface area contributed by atoms with Crippen molar-refractivity contribution in [1.82, 2.24) is 14.9 Å². The summed E-state index contributed by atoms with van der Waals surface area (Å²) in [6, 6.07) is 4.16. The van der Waals surface area contributed by atoms with Crippen LogP contribution in [-0.2, 0) is 0 Å². The Bertz CT molecular complexity index is 418. The molecule has 0 atom stereocenters. The third-order valence-corrected chi connectivity index (χ3v) is 3.22. The Morgan fingerprint density at radius 1 is 1.33 bits per heavy atom. The minimum atomic E-state index is 0.658. The summed E-state index contributed by atoms with van der Waals surface area (Å²) in [6.45, 7) is 7.06. The highest BCUT2D eigenvalue weighted by Gasteiger charge is 2.17. The third kappa shape index (κ3) is 3.41. The van der Waals surface area contributed by atoms with Gasteiger partial charge >= 0.3 is 0 Å². The molecule has 0 amide bonds. The molecule has 2 heterocycles. The summed E-state index contributed by atoms with van der Waals surface area (Å²) in [4.78, 5) is 13.3. The number of hydrogen-bond acceptors (Lipinski definition) is 5. The van der Waals surface area contributed by atoms with Crippen LogP contribution in [0.1, 0.15) is 18.7 Å². The summed E-state index contributed by atoms with van der Waals surface area (Å²) in [5.41, 5.74) is 0. The van der Waals surface area contributed by atoms with Crippen LogP contribution in [0.5, 0.6) is 0 Å². The quantitative estimate of drug-likeness (QED) is 0.746. The van der Waals surface area contributed by atoms with E-state index in [9.17, 15) is 0 Å². The van der Waals surface area contributed by atoms with Crippen molar-refractivity contribution in [1.29, 1.82) is 5.26 Å². The second-order valence-electron chi connectivity index (χ2n) is 4.55. The third-order valence-electron chi connectivity index (χ3n) is 3.22. The molecule has 1 aromatic rings. The lowest BCUT2D eigenvalue weighted by molar-refractivity contribution is 0.255. The molecule has 0 saturated carbocycles. The maximum Gasteiger partial charge on any atom is 0.132 e. The van der Waals surface area contributed by atoms with E-state index in [2.05, 4.69) is 25.8 Å². The number of rotatable bonds is 4. The smallest absolute Gasteiger partial charge is 0.132 e. The first-order chi connectivity index (χ1) is 8.79. The van der Waals surface area contributed by atoms with Crippen LogP contribution in [0.25, 0.3) is 0 Å². The van der Waals surface area contributed by atoms with Gasteiger partial charge in [-0.05, 0) is 26.0 Å². The second-order valence-corrected chi connectivity index (χ2v) is 4.55. The topological polar surface area (TPSA) is 56.1 Å². The molecule has 2 rings (SSSR count). The molecule has 0 radical (unpaired) electrons. The summed E-state index contributed by atoms with van der Waals surface area (Å²) in [6.07, 6.45) is 3.45. The number of piperazine rings is 1. The number of unbranched alkanes of at least 4 members (excludes halogenated alkanes) is 1. The lowest BCUT2D eigenvalue weighted by Gasteiger charge is -2.35. The lowest BCUT2D eigenvalue weighted by atomic mass is 10.2. The van der Waals surface area contributed by atoms with Crippen LogP contribution in [0, 0.1) is 18.3 Å². The summed E-state index contributed by atoms with van der Waals surface area (Å²) in [7, 11) is 0. The van der Waals surface area contributed by atoms with Crippen molar-refractivity contribution < 1.29 is 0 Å². The minimum Gasteiger partial charge on any atom is -0.354 e. The van der Waals surface area contributed by atoms with E-state index in [0.717, 1.165) is 50.8 Å². The van der Waals surface area contributed by atoms with Gasteiger partial charge < -0.3 is 4.90 Å². The van der Waals surface area contributed by atoms with Crippen LogP contribution in [0.4, 0.5) is 5.82 Å². The van der Waals surface area contributed by atoms with E-state index in [1.165, 1.54) is 0 Å². The summed E-state index contributed by atoms with van der Waals surface area (Å²) in [5.74, 6) is 1.85. The zero-order valence-electron chi connectivity index (χ0n) is 10.8. The van der Waals surface area contributed by atoms with E-state index in [0.29, 0.717) is 6.42 Å². The van der Waals surface area contributed by atoms with Gasteiger partial charge in [0.05, 0.1) is 6.07 Å². The van der Waals surface area contributed by atoms with Gasteiger partial charge in [-0.25, -0.2) is 9.97 Å². The molecule has 1 aromatic heterocycles. The average molecular weight is 245 g/mol. The van der Waals surface area contributed by atoms with Gasteiger partial charge in [-0.1, -0.05) is 0 Å². The molecule has 0 bridgehead atoms. The minimum absolute atomic E-state index is 0.658. The van der Waals surface area contributed by atoms with Gasteiger partial charge in [-0.2, -0.15) is 5.26 Å². The van der Waals surface area contributed by atoms with Crippen LogP contribution in [0.2, 0.25) is 0 Å². The van der Waals surface area contributed by atoms with E-state index in [1.807, 2.05) is 19.2 Å². The van der Waals surface area contributed by atoms with Gasteiger partial charge in [0, 0.05) is 38.8 Å². The summed E-state index contributed by atoms with van der Waals surface area (Å²) < 4.78 is 0. The fraction of sp³-hybridized carbons (Fsp3) is 0.615. The molecule has 0 aromatic carbocycles. The Balaban J connectivity index is 1.81. The predicted molar refractivity (Wildman–Crippen MR) is 70.3 cm³/mol. The van der Waals surface area contributed by atoms with Crippen molar-refractivity contribution in [2.24, 2.45) is 0 Å². The zero-order chi connectivity index (χ0) is 12.8. The molecule has 5 heteroatoms. The molecule has 1 saturated heterocycles. The van der Waals surface area contributed by atoms with Gasteiger partial charge in [0.1, 0.15) is 11.6 Å². The van der Waals surface area contributed by atoms with E-state index in [4.69, 9.17) is 5.26 Å². The van der Waals surface area contributed by atoms with Crippen LogP contribution in [-0.4, -0.2) is 47.6 Å². The highest BCUT2D eigenvalue weighted by atomic mass is 15.3. The SMILES string of the molecule is Cc1nccc(N2CCN(CCCC#N)CC2)n1. The molecule has 18 heavy (non-hydrogen) atoms. The van der Waals surface area contributed by atoms with E-state index >= 15 is 0 Å². The molecular weight excluding hydrogens is 226 g/mol. The van der Waals surface area contributed by atoms with Crippen molar-refractivity contribution in [3.05, 3.63) is 18.1 Å². The Morgan fingerprint density at radius 3 is 2.78 bits per heavy atom. The van der Waals surface area contributed by atoms with Crippen molar-refractivity contribution in [3.8, 4) is 6.07 Å². The number of nitrogens with zero attached hydrogens (tertiary/aromatic N) is 5. The second kappa shape index (κ2) is 6.31. The van der Waals surface area contributed by atoms with Gasteiger partial charge in [-0.3, -0.25) is 4.90 Å². The number of aryl methyl sites for hydroxylation is 1. The first-order valence-electron chi connectivity index (χ1n) is 6.43. The van der Waals surface area contributed by atoms with Crippen LogP contribution in [0.3, 0.4) is 0 Å². The van der Waals surface area contributed by atoms with E-state index in [1.54, 1.807) is 0 Å². The molecular formula is C13H19N5. The fourth-order valence-electron chi connectivity index (χ4n) is 2.20. The Hall–Kier alpha value is -1.67. The first-order valence-corrected chi connectivity index (χ1v) is 6.43. The largest absolute Gasteiger partial charge is 0.354 e. The Kier molecular flexibility index (Phi) is 4.48. The molecule has 1 fully saturated rings. The van der Waals surface area contributed by atoms with Crippen LogP contribution < -0.4 is 4.90 Å². The van der Waals surface area contributed by atoms with Gasteiger partial charge in [-0.15, -0.1) is 0 Å². The van der Waals surface area contributed by atoms with Crippen molar-refractivity contribution in [2.75, 3.05) is 37.6 Å². The molecule has 0 unspecified atom stereocenters.